The van der Waals surface area contributed by atoms with E-state index in [4.69, 9.17) is 9.97 Å². The van der Waals surface area contributed by atoms with Crippen LogP contribution in [0.4, 0.5) is 0 Å². The van der Waals surface area contributed by atoms with Crippen LogP contribution in [0, 0.1) is 0 Å². The average molecular weight is 487 g/mol. The Morgan fingerprint density at radius 1 is 0.639 bits per heavy atom. The van der Waals surface area contributed by atoms with Crippen molar-refractivity contribution in [3.05, 3.63) is 107 Å². The number of aromatic amines is 2. The van der Waals surface area contributed by atoms with Crippen LogP contribution in [0.25, 0.3) is 45.9 Å². The zero-order chi connectivity index (χ0) is 24.7. The molecule has 0 saturated heterocycles. The lowest BCUT2D eigenvalue weighted by Gasteiger charge is -2.15. The van der Waals surface area contributed by atoms with Crippen LogP contribution >= 0.6 is 0 Å². The average Bonchev–Trinajstić information content (AvgIpc) is 3.63. The number of hydrogen-bond donors (Lipinski definition) is 2. The molecule has 0 atom stereocenters. The number of hydrogen-bond acceptors (Lipinski definition) is 2. The molecule has 0 unspecified atom stereocenters. The molecule has 5 heterocycles. The monoisotopic (exact) mass is 486 g/mol. The van der Waals surface area contributed by atoms with Gasteiger partial charge in [0.05, 0.1) is 22.8 Å². The normalized spacial score (nSPS) is 13.1. The molecule has 4 aromatic rings. The zero-order valence-electron chi connectivity index (χ0n) is 21.0. The molecule has 0 aliphatic carbocycles. The third-order valence-electron chi connectivity index (χ3n) is 6.59. The Labute approximate surface area is 212 Å². The van der Waals surface area contributed by atoms with Gasteiger partial charge in [-0.25, -0.2) is 9.97 Å². The van der Waals surface area contributed by atoms with Gasteiger partial charge in [0.1, 0.15) is 0 Å². The summed E-state index contributed by atoms with van der Waals surface area (Å²) in [4.78, 5) is 16.7. The van der Waals surface area contributed by atoms with Crippen molar-refractivity contribution in [1.29, 1.82) is 0 Å². The molecule has 5 heteroatoms. The van der Waals surface area contributed by atoms with Crippen molar-refractivity contribution >= 4 is 53.9 Å². The summed E-state index contributed by atoms with van der Waals surface area (Å²) in [5, 5.41) is 0. The van der Waals surface area contributed by atoms with Gasteiger partial charge in [-0.05, 0) is 84.3 Å². The molecule has 2 aliphatic rings. The van der Waals surface area contributed by atoms with Crippen LogP contribution in [0.3, 0.4) is 0 Å². The minimum atomic E-state index is -1.05. The summed E-state index contributed by atoms with van der Waals surface area (Å²) in [6, 6.07) is 27.1. The number of fused-ring (bicyclic) bond motifs is 8. The fraction of sp³-hybridized carbons (Fsp3) is 0.161. The number of H-pyrrole nitrogens is 2. The molecular weight excluding hydrogens is 456 g/mol. The maximum Gasteiger partial charge on any atom is 0.0736 e. The first kappa shape index (κ1) is 22.5. The van der Waals surface area contributed by atoms with Crippen molar-refractivity contribution in [3.63, 3.8) is 0 Å². The first-order chi connectivity index (χ1) is 17.4. The van der Waals surface area contributed by atoms with Crippen molar-refractivity contribution in [2.45, 2.75) is 32.1 Å². The van der Waals surface area contributed by atoms with Crippen LogP contribution in [-0.2, 0) is 6.42 Å². The predicted molar refractivity (Wildman–Crippen MR) is 155 cm³/mol. The Kier molecular flexibility index (Phi) is 5.57. The fourth-order valence-corrected chi connectivity index (χ4v) is 5.65. The quantitative estimate of drug-likeness (QED) is 0.248. The highest BCUT2D eigenvalue weighted by molar-refractivity contribution is 6.76. The first-order valence-corrected chi connectivity index (χ1v) is 16.2. The van der Waals surface area contributed by atoms with E-state index < -0.39 is 8.07 Å². The molecule has 2 N–H and O–H groups in total. The Balaban J connectivity index is 1.47. The molecule has 2 aliphatic heterocycles. The Bertz CT molecular complexity index is 1660. The fourth-order valence-electron chi connectivity index (χ4n) is 4.62. The van der Waals surface area contributed by atoms with E-state index in [0.29, 0.717) is 0 Å². The van der Waals surface area contributed by atoms with Crippen LogP contribution in [0.1, 0.15) is 33.9 Å². The smallest absolute Gasteiger partial charge is 0.0736 e. The molecule has 4 nitrogen and oxygen atoms in total. The lowest BCUT2D eigenvalue weighted by atomic mass is 10.0. The molecule has 6 rings (SSSR count). The van der Waals surface area contributed by atoms with E-state index in [1.165, 1.54) is 17.2 Å². The first-order valence-electron chi connectivity index (χ1n) is 12.5. The van der Waals surface area contributed by atoms with E-state index in [9.17, 15) is 0 Å². The van der Waals surface area contributed by atoms with Gasteiger partial charge in [0.25, 0.3) is 0 Å². The minimum absolute atomic E-state index is 0.934. The van der Waals surface area contributed by atoms with E-state index >= 15 is 0 Å². The summed E-state index contributed by atoms with van der Waals surface area (Å²) in [7, 11) is -1.05. The Hall–Kier alpha value is -3.96. The summed E-state index contributed by atoms with van der Waals surface area (Å²) in [6.45, 7) is 7.30. The number of benzene rings is 1. The second-order valence-electron chi connectivity index (χ2n) is 10.8. The summed E-state index contributed by atoms with van der Waals surface area (Å²) in [5.41, 5.74) is 11.6. The second kappa shape index (κ2) is 8.92. The van der Waals surface area contributed by atoms with Gasteiger partial charge in [-0.15, -0.1) is 0 Å². The van der Waals surface area contributed by atoms with Gasteiger partial charge in [0, 0.05) is 35.7 Å². The van der Waals surface area contributed by atoms with Crippen molar-refractivity contribution < 1.29 is 0 Å². The zero-order valence-corrected chi connectivity index (χ0v) is 22.0. The highest BCUT2D eigenvalue weighted by Gasteiger charge is 2.15. The highest BCUT2D eigenvalue weighted by Crippen LogP contribution is 2.29. The highest BCUT2D eigenvalue weighted by atomic mass is 28.3. The summed E-state index contributed by atoms with van der Waals surface area (Å²) in [6.07, 6.45) is 7.42. The van der Waals surface area contributed by atoms with Gasteiger partial charge in [-0.1, -0.05) is 50.0 Å². The largest absolute Gasteiger partial charge is 0.355 e. The maximum atomic E-state index is 5.01. The van der Waals surface area contributed by atoms with Crippen LogP contribution < -0.4 is 0 Å². The molecule has 0 radical (unpaired) electrons. The van der Waals surface area contributed by atoms with Gasteiger partial charge >= 0.3 is 0 Å². The number of rotatable bonds is 4. The van der Waals surface area contributed by atoms with Crippen LogP contribution in [-0.4, -0.2) is 28.0 Å². The molecule has 0 saturated carbocycles. The van der Waals surface area contributed by atoms with Gasteiger partial charge in [-0.3, -0.25) is 0 Å². The molecule has 36 heavy (non-hydrogen) atoms. The van der Waals surface area contributed by atoms with E-state index in [2.05, 4.69) is 108 Å². The molecule has 0 fully saturated rings. The third-order valence-corrected chi connectivity index (χ3v) is 8.34. The molecule has 0 amide bonds. The Morgan fingerprint density at radius 2 is 1.19 bits per heavy atom. The molecule has 3 aromatic heterocycles. The van der Waals surface area contributed by atoms with Crippen molar-refractivity contribution in [1.82, 2.24) is 19.9 Å². The molecule has 8 bridgehead atoms. The minimum Gasteiger partial charge on any atom is -0.355 e. The van der Waals surface area contributed by atoms with Gasteiger partial charge < -0.3 is 9.97 Å². The molecule has 178 valence electrons. The lowest BCUT2D eigenvalue weighted by Crippen LogP contribution is -2.19. The number of nitrogens with zero attached hydrogens (tertiary/aromatic N) is 2. The van der Waals surface area contributed by atoms with Crippen molar-refractivity contribution in [2.24, 2.45) is 0 Å². The summed E-state index contributed by atoms with van der Waals surface area (Å²) < 4.78 is 0. The van der Waals surface area contributed by atoms with E-state index in [-0.39, 0.29) is 0 Å². The van der Waals surface area contributed by atoms with Gasteiger partial charge in [-0.2, -0.15) is 0 Å². The van der Waals surface area contributed by atoms with Crippen LogP contribution in [0.2, 0.25) is 25.7 Å². The summed E-state index contributed by atoms with van der Waals surface area (Å²) in [5.74, 6) is 0. The van der Waals surface area contributed by atoms with Crippen LogP contribution in [0.15, 0.2) is 72.8 Å². The second-order valence-corrected chi connectivity index (χ2v) is 16.5. The standard InChI is InChI=1S/C31H30N4Si/c1-36(2,3)15-14-21-4-6-22(7-5-21)30-19-29-18-27-11-10-25(33-27)16-23-8-9-24(32-23)17-26-12-13-28(34-26)20-31(30)35-29/h4-13,16-20,33-34H,14-15H2,1-3H3. The summed E-state index contributed by atoms with van der Waals surface area (Å²) >= 11 is 0. The SMILES string of the molecule is C[Si](C)(C)CCc1ccc(C2=Cc3cc4ccc(cc5nc(cc6ccc(cc2n3)[nH]6)C=C5)[nH]4)cc1. The predicted octanol–water partition coefficient (Wildman–Crippen LogP) is 7.95. The van der Waals surface area contributed by atoms with Crippen molar-refractivity contribution in [3.8, 4) is 0 Å². The molecule has 0 spiro atoms. The lowest BCUT2D eigenvalue weighted by molar-refractivity contribution is 1.09. The molecular formula is C31H30N4Si. The molecule has 1 aromatic carbocycles. The maximum absolute atomic E-state index is 5.01. The van der Waals surface area contributed by atoms with Crippen LogP contribution in [0.5, 0.6) is 0 Å². The number of aromatic nitrogens is 4. The van der Waals surface area contributed by atoms with E-state index in [1.54, 1.807) is 0 Å². The van der Waals surface area contributed by atoms with E-state index in [0.717, 1.165) is 56.8 Å². The third kappa shape index (κ3) is 5.02. The Morgan fingerprint density at radius 3 is 1.78 bits per heavy atom. The van der Waals surface area contributed by atoms with Crippen molar-refractivity contribution in [2.75, 3.05) is 0 Å². The van der Waals surface area contributed by atoms with Gasteiger partial charge in [0.15, 0.2) is 0 Å². The number of nitrogens with one attached hydrogen (secondary N) is 2. The van der Waals surface area contributed by atoms with Gasteiger partial charge in [0.2, 0.25) is 0 Å². The topological polar surface area (TPSA) is 57.4 Å². The number of aryl methyl sites for hydroxylation is 1. The van der Waals surface area contributed by atoms with E-state index in [1.807, 2.05) is 12.2 Å².